The van der Waals surface area contributed by atoms with Gasteiger partial charge >= 0.3 is 0 Å². The van der Waals surface area contributed by atoms with Crippen molar-refractivity contribution < 1.29 is 14.6 Å². The van der Waals surface area contributed by atoms with E-state index in [1.54, 1.807) is 11.8 Å². The van der Waals surface area contributed by atoms with E-state index in [9.17, 15) is 4.79 Å². The number of thioether (sulfide) groups is 1. The van der Waals surface area contributed by atoms with Crippen LogP contribution in [0.4, 0.5) is 0 Å². The SMILES string of the molecule is Cc1ccc(C)c(SCC(=O)NCCOCCO)c1. The number of aryl methyl sites for hydroxylation is 2. The van der Waals surface area contributed by atoms with Gasteiger partial charge in [0.15, 0.2) is 0 Å². The molecule has 2 N–H and O–H groups in total. The van der Waals surface area contributed by atoms with Crippen molar-refractivity contribution in [3.8, 4) is 0 Å². The van der Waals surface area contributed by atoms with Crippen LogP contribution in [0.5, 0.6) is 0 Å². The maximum absolute atomic E-state index is 11.6. The Balaban J connectivity index is 2.24. The van der Waals surface area contributed by atoms with E-state index in [1.807, 2.05) is 13.8 Å². The van der Waals surface area contributed by atoms with Crippen molar-refractivity contribution in [2.75, 3.05) is 32.1 Å². The maximum atomic E-state index is 11.6. The van der Waals surface area contributed by atoms with Gasteiger partial charge in [0.05, 0.1) is 25.6 Å². The first-order chi connectivity index (χ1) is 9.13. The lowest BCUT2D eigenvalue weighted by molar-refractivity contribution is -0.118. The zero-order valence-electron chi connectivity index (χ0n) is 11.4. The van der Waals surface area contributed by atoms with Crippen molar-refractivity contribution >= 4 is 17.7 Å². The molecule has 0 radical (unpaired) electrons. The second-order valence-corrected chi connectivity index (χ2v) is 5.26. The monoisotopic (exact) mass is 283 g/mol. The van der Waals surface area contributed by atoms with Crippen LogP contribution < -0.4 is 5.32 Å². The van der Waals surface area contributed by atoms with Crippen LogP contribution in [0.15, 0.2) is 23.1 Å². The zero-order valence-corrected chi connectivity index (χ0v) is 12.3. The standard InChI is InChI=1S/C14H21NO3S/c1-11-3-4-12(2)13(9-11)19-10-14(17)15-5-7-18-8-6-16/h3-4,9,16H,5-8,10H2,1-2H3,(H,15,17). The van der Waals surface area contributed by atoms with E-state index in [0.29, 0.717) is 25.5 Å². The first-order valence-electron chi connectivity index (χ1n) is 6.29. The van der Waals surface area contributed by atoms with Gasteiger partial charge in [0, 0.05) is 11.4 Å². The van der Waals surface area contributed by atoms with Gasteiger partial charge in [0.1, 0.15) is 0 Å². The summed E-state index contributed by atoms with van der Waals surface area (Å²) < 4.78 is 5.06. The molecule has 0 saturated heterocycles. The van der Waals surface area contributed by atoms with Crippen LogP contribution in [0.2, 0.25) is 0 Å². The molecule has 4 nitrogen and oxygen atoms in total. The molecule has 0 heterocycles. The van der Waals surface area contributed by atoms with Gasteiger partial charge in [0.2, 0.25) is 5.91 Å². The summed E-state index contributed by atoms with van der Waals surface area (Å²) in [5.41, 5.74) is 2.39. The van der Waals surface area contributed by atoms with E-state index in [4.69, 9.17) is 9.84 Å². The maximum Gasteiger partial charge on any atom is 0.230 e. The van der Waals surface area contributed by atoms with E-state index < -0.39 is 0 Å². The summed E-state index contributed by atoms with van der Waals surface area (Å²) in [5.74, 6) is 0.406. The molecule has 1 aromatic carbocycles. The van der Waals surface area contributed by atoms with E-state index in [2.05, 4.69) is 23.5 Å². The first-order valence-corrected chi connectivity index (χ1v) is 7.27. The molecule has 0 unspecified atom stereocenters. The molecule has 0 bridgehead atoms. The fourth-order valence-corrected chi connectivity index (χ4v) is 2.44. The number of carbonyl (C=O) groups is 1. The lowest BCUT2D eigenvalue weighted by Gasteiger charge is -2.08. The molecule has 1 rings (SSSR count). The third-order valence-electron chi connectivity index (χ3n) is 2.51. The van der Waals surface area contributed by atoms with E-state index in [0.717, 1.165) is 4.90 Å². The highest BCUT2D eigenvalue weighted by Gasteiger charge is 2.04. The van der Waals surface area contributed by atoms with Gasteiger partial charge < -0.3 is 15.2 Å². The van der Waals surface area contributed by atoms with Crippen LogP contribution in [0.25, 0.3) is 0 Å². The van der Waals surface area contributed by atoms with E-state index >= 15 is 0 Å². The minimum absolute atomic E-state index is 0.00138. The van der Waals surface area contributed by atoms with Gasteiger partial charge in [-0.05, 0) is 25.5 Å². The molecule has 0 aliphatic carbocycles. The quantitative estimate of drug-likeness (QED) is 0.561. The van der Waals surface area contributed by atoms with Crippen LogP contribution in [-0.2, 0) is 9.53 Å². The molecule has 1 amide bonds. The molecule has 0 fully saturated rings. The number of rotatable bonds is 8. The molecule has 0 aromatic heterocycles. The topological polar surface area (TPSA) is 58.6 Å². The summed E-state index contributed by atoms with van der Waals surface area (Å²) in [6.45, 7) is 5.32. The zero-order chi connectivity index (χ0) is 14.1. The molecule has 0 aliphatic rings. The highest BCUT2D eigenvalue weighted by molar-refractivity contribution is 8.00. The number of amides is 1. The molecular weight excluding hydrogens is 262 g/mol. The average molecular weight is 283 g/mol. The molecule has 5 heteroatoms. The van der Waals surface area contributed by atoms with Crippen LogP contribution >= 0.6 is 11.8 Å². The predicted molar refractivity (Wildman–Crippen MR) is 77.6 cm³/mol. The number of ether oxygens (including phenoxy) is 1. The highest BCUT2D eigenvalue weighted by atomic mass is 32.2. The van der Waals surface area contributed by atoms with Gasteiger partial charge in [-0.15, -0.1) is 11.8 Å². The number of carbonyl (C=O) groups excluding carboxylic acids is 1. The average Bonchev–Trinajstić information content (AvgIpc) is 2.39. The Labute approximate surface area is 118 Å². The first kappa shape index (κ1) is 16.0. The van der Waals surface area contributed by atoms with Gasteiger partial charge in [-0.1, -0.05) is 17.7 Å². The summed E-state index contributed by atoms with van der Waals surface area (Å²) >= 11 is 1.54. The molecule has 0 spiro atoms. The van der Waals surface area contributed by atoms with Crippen molar-refractivity contribution in [2.24, 2.45) is 0 Å². The second kappa shape index (κ2) is 8.96. The second-order valence-electron chi connectivity index (χ2n) is 4.24. The third-order valence-corrected chi connectivity index (χ3v) is 3.66. The van der Waals surface area contributed by atoms with Crippen LogP contribution in [0.1, 0.15) is 11.1 Å². The minimum Gasteiger partial charge on any atom is -0.394 e. The smallest absolute Gasteiger partial charge is 0.230 e. The van der Waals surface area contributed by atoms with Gasteiger partial charge in [-0.25, -0.2) is 0 Å². The van der Waals surface area contributed by atoms with E-state index in [-0.39, 0.29) is 12.5 Å². The Morgan fingerprint density at radius 1 is 1.37 bits per heavy atom. The Hall–Kier alpha value is -1.04. The summed E-state index contributed by atoms with van der Waals surface area (Å²) in [5, 5.41) is 11.3. The summed E-state index contributed by atoms with van der Waals surface area (Å²) in [6, 6.07) is 6.23. The van der Waals surface area contributed by atoms with Crippen LogP contribution in [-0.4, -0.2) is 43.1 Å². The minimum atomic E-state index is -0.00138. The van der Waals surface area contributed by atoms with E-state index in [1.165, 1.54) is 11.1 Å². The largest absolute Gasteiger partial charge is 0.394 e. The molecule has 0 aliphatic heterocycles. The van der Waals surface area contributed by atoms with Crippen LogP contribution in [0, 0.1) is 13.8 Å². The molecule has 19 heavy (non-hydrogen) atoms. The molecule has 1 aromatic rings. The van der Waals surface area contributed by atoms with Gasteiger partial charge in [0.25, 0.3) is 0 Å². The summed E-state index contributed by atoms with van der Waals surface area (Å²) in [7, 11) is 0. The number of aliphatic hydroxyl groups is 1. The lowest BCUT2D eigenvalue weighted by atomic mass is 10.2. The Morgan fingerprint density at radius 2 is 2.16 bits per heavy atom. The lowest BCUT2D eigenvalue weighted by Crippen LogP contribution is -2.29. The summed E-state index contributed by atoms with van der Waals surface area (Å²) in [6.07, 6.45) is 0. The van der Waals surface area contributed by atoms with Crippen molar-refractivity contribution in [1.82, 2.24) is 5.32 Å². The molecule has 0 atom stereocenters. The van der Waals surface area contributed by atoms with Crippen molar-refractivity contribution in [2.45, 2.75) is 18.7 Å². The van der Waals surface area contributed by atoms with Crippen molar-refractivity contribution in [3.05, 3.63) is 29.3 Å². The van der Waals surface area contributed by atoms with Gasteiger partial charge in [-0.2, -0.15) is 0 Å². The Morgan fingerprint density at radius 3 is 2.89 bits per heavy atom. The molecule has 0 saturated carbocycles. The number of hydrogen-bond acceptors (Lipinski definition) is 4. The number of hydrogen-bond donors (Lipinski definition) is 2. The van der Waals surface area contributed by atoms with Crippen LogP contribution in [0.3, 0.4) is 0 Å². The fourth-order valence-electron chi connectivity index (χ4n) is 1.49. The number of nitrogens with one attached hydrogen (secondary N) is 1. The Kier molecular flexibility index (Phi) is 7.55. The summed E-state index contributed by atoms with van der Waals surface area (Å²) in [4.78, 5) is 12.8. The molecular formula is C14H21NO3S. The number of benzene rings is 1. The fraction of sp³-hybridized carbons (Fsp3) is 0.500. The normalized spacial score (nSPS) is 10.5. The molecule has 106 valence electrons. The number of aliphatic hydroxyl groups excluding tert-OH is 1. The predicted octanol–water partition coefficient (Wildman–Crippen LogP) is 1.52. The van der Waals surface area contributed by atoms with Crippen molar-refractivity contribution in [3.63, 3.8) is 0 Å². The Bertz CT molecular complexity index is 410. The third kappa shape index (κ3) is 6.61. The highest BCUT2D eigenvalue weighted by Crippen LogP contribution is 2.23. The van der Waals surface area contributed by atoms with Gasteiger partial charge in [-0.3, -0.25) is 4.79 Å². The van der Waals surface area contributed by atoms with Crippen molar-refractivity contribution in [1.29, 1.82) is 0 Å².